The molecule has 18 heavy (non-hydrogen) atoms. The fourth-order valence-corrected chi connectivity index (χ4v) is 1.68. The molecule has 0 saturated carbocycles. The average Bonchev–Trinajstić information content (AvgIpc) is 2.37. The Hall–Kier alpha value is -1.95. The van der Waals surface area contributed by atoms with E-state index in [4.69, 9.17) is 0 Å². The van der Waals surface area contributed by atoms with Gasteiger partial charge in [0.1, 0.15) is 0 Å². The molecule has 1 aromatic rings. The molecule has 0 fully saturated rings. The van der Waals surface area contributed by atoms with E-state index in [9.17, 15) is 20.0 Å². The van der Waals surface area contributed by atoms with E-state index in [1.54, 1.807) is 18.2 Å². The smallest absolute Gasteiger partial charge is 0.350 e. The van der Waals surface area contributed by atoms with Crippen LogP contribution < -0.4 is 0 Å². The lowest BCUT2D eigenvalue weighted by atomic mass is 9.77. The highest BCUT2D eigenvalue weighted by atomic mass is 16.6. The van der Waals surface area contributed by atoms with Crippen molar-refractivity contribution < 1.29 is 19.6 Å². The van der Waals surface area contributed by atoms with Crippen LogP contribution in [0.2, 0.25) is 0 Å². The Labute approximate surface area is 104 Å². The first kappa shape index (κ1) is 14.1. The Morgan fingerprint density at radius 1 is 1.33 bits per heavy atom. The topological polar surface area (TPSA) is 89.7 Å². The summed E-state index contributed by atoms with van der Waals surface area (Å²) in [6.45, 7) is 2.36. The molecule has 1 rings (SSSR count). The Kier molecular flexibility index (Phi) is 3.71. The minimum absolute atomic E-state index is 0.124. The van der Waals surface area contributed by atoms with Crippen molar-refractivity contribution in [3.63, 3.8) is 0 Å². The number of carbonyl (C=O) groups is 1. The van der Waals surface area contributed by atoms with Crippen LogP contribution >= 0.6 is 0 Å². The molecule has 0 saturated heterocycles. The fraction of sp³-hybridized carbons (Fsp3) is 0.417. The number of rotatable bonds is 4. The second-order valence-electron chi connectivity index (χ2n) is 4.38. The predicted molar refractivity (Wildman–Crippen MR) is 63.4 cm³/mol. The van der Waals surface area contributed by atoms with Gasteiger partial charge in [-0.3, -0.25) is 10.1 Å². The maximum Gasteiger partial charge on any atom is 0.350 e. The number of carbonyl (C=O) groups excluding carboxylic acids is 1. The SMILES string of the molecule is COC(=O)C(O)(c1ccccc1)C(C)(C)[N+](=O)[O-]. The van der Waals surface area contributed by atoms with Gasteiger partial charge in [-0.15, -0.1) is 0 Å². The highest BCUT2D eigenvalue weighted by Gasteiger charge is 2.61. The summed E-state index contributed by atoms with van der Waals surface area (Å²) in [6.07, 6.45) is 0. The van der Waals surface area contributed by atoms with Crippen molar-refractivity contribution in [1.82, 2.24) is 0 Å². The molecule has 1 unspecified atom stereocenters. The molecular weight excluding hydrogens is 238 g/mol. The Balaban J connectivity index is 3.47. The Bertz CT molecular complexity index is 457. The van der Waals surface area contributed by atoms with Gasteiger partial charge in [-0.05, 0) is 0 Å². The lowest BCUT2D eigenvalue weighted by Gasteiger charge is -2.33. The zero-order valence-corrected chi connectivity index (χ0v) is 10.4. The summed E-state index contributed by atoms with van der Waals surface area (Å²) in [5.41, 5.74) is -4.13. The number of benzene rings is 1. The van der Waals surface area contributed by atoms with E-state index in [1.807, 2.05) is 0 Å². The fourth-order valence-electron chi connectivity index (χ4n) is 1.68. The third kappa shape index (κ3) is 1.95. The quantitative estimate of drug-likeness (QED) is 0.493. The average molecular weight is 253 g/mol. The molecule has 1 atom stereocenters. The van der Waals surface area contributed by atoms with E-state index in [0.29, 0.717) is 0 Å². The molecule has 0 aliphatic carbocycles. The molecule has 6 heteroatoms. The number of nitro groups is 1. The molecule has 0 radical (unpaired) electrons. The normalized spacial score (nSPS) is 14.7. The molecule has 0 bridgehead atoms. The van der Waals surface area contributed by atoms with Gasteiger partial charge in [0.2, 0.25) is 0 Å². The summed E-state index contributed by atoms with van der Waals surface area (Å²) in [4.78, 5) is 22.2. The van der Waals surface area contributed by atoms with Crippen LogP contribution in [0.5, 0.6) is 0 Å². The molecule has 98 valence electrons. The van der Waals surface area contributed by atoms with Crippen LogP contribution in [0.15, 0.2) is 30.3 Å². The number of esters is 1. The van der Waals surface area contributed by atoms with Crippen molar-refractivity contribution in [3.05, 3.63) is 46.0 Å². The minimum atomic E-state index is -2.34. The maximum absolute atomic E-state index is 11.8. The third-order valence-corrected chi connectivity index (χ3v) is 3.01. The molecule has 0 aromatic heterocycles. The van der Waals surface area contributed by atoms with E-state index in [2.05, 4.69) is 4.74 Å². The number of aliphatic hydroxyl groups is 1. The van der Waals surface area contributed by atoms with Crippen molar-refractivity contribution in [3.8, 4) is 0 Å². The number of ether oxygens (including phenoxy) is 1. The number of methoxy groups -OCH3 is 1. The van der Waals surface area contributed by atoms with Gasteiger partial charge in [0.25, 0.3) is 11.1 Å². The van der Waals surface area contributed by atoms with E-state index in [1.165, 1.54) is 26.0 Å². The first-order valence-electron chi connectivity index (χ1n) is 5.29. The van der Waals surface area contributed by atoms with Crippen molar-refractivity contribution in [2.75, 3.05) is 7.11 Å². The van der Waals surface area contributed by atoms with Gasteiger partial charge >= 0.3 is 5.97 Å². The van der Waals surface area contributed by atoms with Gasteiger partial charge in [0.15, 0.2) is 0 Å². The van der Waals surface area contributed by atoms with Gasteiger partial charge in [0.05, 0.1) is 7.11 Å². The van der Waals surface area contributed by atoms with Crippen LogP contribution in [0, 0.1) is 10.1 Å². The zero-order valence-electron chi connectivity index (χ0n) is 10.4. The van der Waals surface area contributed by atoms with Gasteiger partial charge in [-0.2, -0.15) is 0 Å². The van der Waals surface area contributed by atoms with Crippen molar-refractivity contribution in [2.24, 2.45) is 0 Å². The molecule has 0 spiro atoms. The third-order valence-electron chi connectivity index (χ3n) is 3.01. The first-order valence-corrected chi connectivity index (χ1v) is 5.29. The summed E-state index contributed by atoms with van der Waals surface area (Å²) in [7, 11) is 1.08. The molecular formula is C12H15NO5. The Morgan fingerprint density at radius 2 is 1.83 bits per heavy atom. The molecule has 0 amide bonds. The molecule has 1 N–H and O–H groups in total. The summed E-state index contributed by atoms with van der Waals surface area (Å²) >= 11 is 0. The highest BCUT2D eigenvalue weighted by Crippen LogP contribution is 2.36. The molecule has 0 aliphatic heterocycles. The van der Waals surface area contributed by atoms with E-state index < -0.39 is 22.0 Å². The second kappa shape index (κ2) is 4.73. The lowest BCUT2D eigenvalue weighted by molar-refractivity contribution is -0.583. The van der Waals surface area contributed by atoms with Crippen LogP contribution in [-0.2, 0) is 15.1 Å². The van der Waals surface area contributed by atoms with Gasteiger partial charge < -0.3 is 9.84 Å². The predicted octanol–water partition coefficient (Wildman–Crippen LogP) is 1.10. The van der Waals surface area contributed by atoms with Gasteiger partial charge in [-0.1, -0.05) is 30.3 Å². The standard InChI is InChI=1S/C12H15NO5/c1-11(2,13(16)17)12(15,10(14)18-3)9-7-5-4-6-8-9/h4-8,15H,1-3H3. The first-order chi connectivity index (χ1) is 8.28. The summed E-state index contributed by atoms with van der Waals surface area (Å²) < 4.78 is 4.51. The Morgan fingerprint density at radius 3 is 2.22 bits per heavy atom. The lowest BCUT2D eigenvalue weighted by Crippen LogP contribution is -2.58. The van der Waals surface area contributed by atoms with Crippen molar-refractivity contribution in [1.29, 1.82) is 0 Å². The molecule has 0 heterocycles. The highest BCUT2D eigenvalue weighted by molar-refractivity contribution is 5.82. The van der Waals surface area contributed by atoms with Crippen LogP contribution in [-0.4, -0.2) is 28.6 Å². The van der Waals surface area contributed by atoms with E-state index in [-0.39, 0.29) is 5.56 Å². The second-order valence-corrected chi connectivity index (χ2v) is 4.38. The maximum atomic E-state index is 11.8. The number of hydrogen-bond donors (Lipinski definition) is 1. The van der Waals surface area contributed by atoms with Gasteiger partial charge in [0, 0.05) is 24.3 Å². The molecule has 6 nitrogen and oxygen atoms in total. The largest absolute Gasteiger partial charge is 0.466 e. The number of hydrogen-bond acceptors (Lipinski definition) is 5. The number of nitrogens with zero attached hydrogens (tertiary/aromatic N) is 1. The van der Waals surface area contributed by atoms with E-state index in [0.717, 1.165) is 7.11 Å². The van der Waals surface area contributed by atoms with Crippen LogP contribution in [0.4, 0.5) is 0 Å². The minimum Gasteiger partial charge on any atom is -0.466 e. The monoisotopic (exact) mass is 253 g/mol. The zero-order chi connectivity index (χ0) is 14.0. The van der Waals surface area contributed by atoms with E-state index >= 15 is 0 Å². The summed E-state index contributed by atoms with van der Waals surface area (Å²) in [5.74, 6) is -1.06. The molecule has 0 aliphatic rings. The van der Waals surface area contributed by atoms with Crippen molar-refractivity contribution >= 4 is 5.97 Å². The van der Waals surface area contributed by atoms with Gasteiger partial charge in [-0.25, -0.2) is 4.79 Å². The summed E-state index contributed by atoms with van der Waals surface area (Å²) in [6, 6.07) is 7.74. The van der Waals surface area contributed by atoms with Crippen LogP contribution in [0.3, 0.4) is 0 Å². The van der Waals surface area contributed by atoms with Crippen molar-refractivity contribution in [2.45, 2.75) is 25.0 Å². The summed E-state index contributed by atoms with van der Waals surface area (Å²) in [5, 5.41) is 21.6. The molecule has 1 aromatic carbocycles. The van der Waals surface area contributed by atoms with Crippen LogP contribution in [0.25, 0.3) is 0 Å². The van der Waals surface area contributed by atoms with Crippen LogP contribution in [0.1, 0.15) is 19.4 Å².